The molecule has 0 bridgehead atoms. The van der Waals surface area contributed by atoms with Gasteiger partial charge in [-0.15, -0.1) is 0 Å². The molecular formula is C17H19N3O7. The van der Waals surface area contributed by atoms with Crippen LogP contribution >= 0.6 is 0 Å². The molecule has 10 heteroatoms. The summed E-state index contributed by atoms with van der Waals surface area (Å²) in [6.45, 7) is -0.735. The number of carbonyl (C=O) groups is 5. The largest absolute Gasteiger partial charge is 0.481 e. The Hall–Kier alpha value is -3.43. The van der Waals surface area contributed by atoms with Crippen LogP contribution < -0.4 is 10.6 Å². The summed E-state index contributed by atoms with van der Waals surface area (Å²) in [5.41, 5.74) is 0.736. The second kappa shape index (κ2) is 9.32. The van der Waals surface area contributed by atoms with Gasteiger partial charge in [0, 0.05) is 6.42 Å². The van der Waals surface area contributed by atoms with Crippen molar-refractivity contribution in [3.8, 4) is 0 Å². The Labute approximate surface area is 154 Å². The molecule has 1 saturated heterocycles. The van der Waals surface area contributed by atoms with Crippen molar-refractivity contribution in [2.24, 2.45) is 0 Å². The minimum Gasteiger partial charge on any atom is -0.481 e. The molecule has 27 heavy (non-hydrogen) atoms. The van der Waals surface area contributed by atoms with E-state index >= 15 is 0 Å². The maximum Gasteiger partial charge on any atom is 0.408 e. The number of carbonyl (C=O) groups excluding carboxylic acids is 4. The van der Waals surface area contributed by atoms with Gasteiger partial charge in [0.15, 0.2) is 0 Å². The topological polar surface area (TPSA) is 142 Å². The van der Waals surface area contributed by atoms with E-state index in [-0.39, 0.29) is 32.5 Å². The van der Waals surface area contributed by atoms with Crippen molar-refractivity contribution in [3.63, 3.8) is 0 Å². The molecule has 10 nitrogen and oxygen atoms in total. The highest BCUT2D eigenvalue weighted by atomic mass is 16.5. The number of piperazine rings is 1. The number of rotatable bonds is 7. The zero-order valence-corrected chi connectivity index (χ0v) is 14.3. The number of imide groups is 1. The average molecular weight is 377 g/mol. The molecule has 0 spiro atoms. The van der Waals surface area contributed by atoms with Gasteiger partial charge in [0.2, 0.25) is 17.7 Å². The van der Waals surface area contributed by atoms with Gasteiger partial charge in [0.25, 0.3) is 0 Å². The zero-order valence-electron chi connectivity index (χ0n) is 14.3. The van der Waals surface area contributed by atoms with Gasteiger partial charge in [-0.05, 0) is 12.0 Å². The molecule has 1 fully saturated rings. The van der Waals surface area contributed by atoms with Gasteiger partial charge < -0.3 is 20.1 Å². The molecule has 1 aromatic rings. The second-order valence-corrected chi connectivity index (χ2v) is 5.86. The Bertz CT molecular complexity index is 719. The summed E-state index contributed by atoms with van der Waals surface area (Å²) >= 11 is 0. The molecule has 0 saturated carbocycles. The number of benzene rings is 1. The summed E-state index contributed by atoms with van der Waals surface area (Å²) in [5, 5.41) is 13.2. The monoisotopic (exact) mass is 377 g/mol. The Balaban J connectivity index is 1.98. The number of nitrogens with zero attached hydrogens (tertiary/aromatic N) is 1. The Kier molecular flexibility index (Phi) is 6.86. The minimum absolute atomic E-state index is 0.0306. The highest BCUT2D eigenvalue weighted by Crippen LogP contribution is 2.07. The second-order valence-electron chi connectivity index (χ2n) is 5.86. The van der Waals surface area contributed by atoms with E-state index in [1.54, 1.807) is 30.3 Å². The van der Waals surface area contributed by atoms with Crippen molar-refractivity contribution >= 4 is 29.8 Å². The highest BCUT2D eigenvalue weighted by Gasteiger charge is 2.32. The standard InChI is InChI=1S/C17H19N3O7/c21-13-8-20(9-14(22)19-13)16(25)12(6-7-15(23)24)18-17(26)27-10-11-4-2-1-3-5-11/h1-5,12H,6-10H2,(H,18,26)(H,23,24)(H,19,21,22)/t12-/m1/s1. The predicted molar refractivity (Wildman–Crippen MR) is 90.2 cm³/mol. The van der Waals surface area contributed by atoms with Gasteiger partial charge in [-0.1, -0.05) is 30.3 Å². The molecule has 3 N–H and O–H groups in total. The maximum absolute atomic E-state index is 12.5. The van der Waals surface area contributed by atoms with Gasteiger partial charge >= 0.3 is 12.1 Å². The lowest BCUT2D eigenvalue weighted by molar-refractivity contribution is -0.147. The number of carboxylic acid groups (broad SMARTS) is 1. The van der Waals surface area contributed by atoms with E-state index in [0.29, 0.717) is 0 Å². The van der Waals surface area contributed by atoms with Crippen LogP contribution in [0.1, 0.15) is 18.4 Å². The van der Waals surface area contributed by atoms with Crippen molar-refractivity contribution < 1.29 is 33.8 Å². The molecule has 144 valence electrons. The van der Waals surface area contributed by atoms with Gasteiger partial charge in [0.05, 0.1) is 0 Å². The molecule has 0 radical (unpaired) electrons. The number of carboxylic acids is 1. The molecule has 0 unspecified atom stereocenters. The molecule has 1 aromatic carbocycles. The third-order valence-corrected chi connectivity index (χ3v) is 3.71. The highest BCUT2D eigenvalue weighted by molar-refractivity contribution is 6.03. The number of alkyl carbamates (subject to hydrolysis) is 1. The van der Waals surface area contributed by atoms with E-state index in [1.165, 1.54) is 0 Å². The smallest absolute Gasteiger partial charge is 0.408 e. The van der Waals surface area contributed by atoms with Crippen LogP contribution in [0.3, 0.4) is 0 Å². The van der Waals surface area contributed by atoms with E-state index < -0.39 is 35.8 Å². The predicted octanol–water partition coefficient (Wildman–Crippen LogP) is -0.369. The van der Waals surface area contributed by atoms with Crippen LogP contribution in [0.4, 0.5) is 4.79 Å². The van der Waals surface area contributed by atoms with Crippen LogP contribution in [0.25, 0.3) is 0 Å². The summed E-state index contributed by atoms with van der Waals surface area (Å²) in [6.07, 6.45) is -1.50. The number of nitrogens with one attached hydrogen (secondary N) is 2. The molecule has 4 amide bonds. The first-order valence-corrected chi connectivity index (χ1v) is 8.15. The first-order valence-electron chi connectivity index (χ1n) is 8.15. The third kappa shape index (κ3) is 6.42. The SMILES string of the molecule is O=C(O)CC[C@@H](NC(=O)OCc1ccccc1)C(=O)N1CC(=O)NC(=O)C1. The Morgan fingerprint density at radius 1 is 1.15 bits per heavy atom. The lowest BCUT2D eigenvalue weighted by Crippen LogP contribution is -2.58. The number of amides is 4. The number of ether oxygens (including phenoxy) is 1. The summed E-state index contributed by atoms with van der Waals surface area (Å²) in [7, 11) is 0. The molecule has 1 heterocycles. The van der Waals surface area contributed by atoms with E-state index in [4.69, 9.17) is 9.84 Å². The van der Waals surface area contributed by atoms with Crippen molar-refractivity contribution in [2.45, 2.75) is 25.5 Å². The first-order chi connectivity index (χ1) is 12.8. The minimum atomic E-state index is -1.23. The van der Waals surface area contributed by atoms with Gasteiger partial charge in [-0.3, -0.25) is 24.5 Å². The molecule has 0 aromatic heterocycles. The number of aliphatic carboxylic acids is 1. The van der Waals surface area contributed by atoms with Crippen LogP contribution in [-0.2, 0) is 30.5 Å². The van der Waals surface area contributed by atoms with Crippen LogP contribution in [0, 0.1) is 0 Å². The Morgan fingerprint density at radius 2 is 1.78 bits per heavy atom. The summed E-state index contributed by atoms with van der Waals surface area (Å²) in [4.78, 5) is 59.2. The van der Waals surface area contributed by atoms with E-state index in [0.717, 1.165) is 10.5 Å². The molecular weight excluding hydrogens is 358 g/mol. The van der Waals surface area contributed by atoms with Crippen molar-refractivity contribution in [1.82, 2.24) is 15.5 Å². The zero-order chi connectivity index (χ0) is 19.8. The molecule has 1 aliphatic rings. The molecule has 1 aliphatic heterocycles. The molecule has 0 aliphatic carbocycles. The molecule has 2 rings (SSSR count). The Morgan fingerprint density at radius 3 is 2.37 bits per heavy atom. The lowest BCUT2D eigenvalue weighted by Gasteiger charge is -2.29. The van der Waals surface area contributed by atoms with Crippen molar-refractivity contribution in [3.05, 3.63) is 35.9 Å². The van der Waals surface area contributed by atoms with Gasteiger partial charge in [0.1, 0.15) is 25.7 Å². The molecule has 1 atom stereocenters. The van der Waals surface area contributed by atoms with Crippen LogP contribution in [0.15, 0.2) is 30.3 Å². The average Bonchev–Trinajstić information content (AvgIpc) is 2.62. The fourth-order valence-electron chi connectivity index (χ4n) is 2.45. The summed E-state index contributed by atoms with van der Waals surface area (Å²) < 4.78 is 5.03. The summed E-state index contributed by atoms with van der Waals surface area (Å²) in [6, 6.07) is 7.61. The van der Waals surface area contributed by atoms with Crippen LogP contribution in [0.2, 0.25) is 0 Å². The quantitative estimate of drug-likeness (QED) is 0.550. The van der Waals surface area contributed by atoms with E-state index in [2.05, 4.69) is 10.6 Å². The van der Waals surface area contributed by atoms with Crippen LogP contribution in [0.5, 0.6) is 0 Å². The fraction of sp³-hybridized carbons (Fsp3) is 0.353. The normalized spacial score (nSPS) is 14.9. The van der Waals surface area contributed by atoms with E-state index in [9.17, 15) is 24.0 Å². The van der Waals surface area contributed by atoms with Crippen molar-refractivity contribution in [1.29, 1.82) is 0 Å². The maximum atomic E-state index is 12.5. The first kappa shape index (κ1) is 19.9. The number of hydrogen-bond acceptors (Lipinski definition) is 6. The third-order valence-electron chi connectivity index (χ3n) is 3.71. The van der Waals surface area contributed by atoms with E-state index in [1.807, 2.05) is 0 Å². The van der Waals surface area contributed by atoms with Crippen molar-refractivity contribution in [2.75, 3.05) is 13.1 Å². The van der Waals surface area contributed by atoms with Crippen LogP contribution in [-0.4, -0.2) is 58.9 Å². The van der Waals surface area contributed by atoms with Gasteiger partial charge in [-0.2, -0.15) is 0 Å². The number of hydrogen-bond donors (Lipinski definition) is 3. The fourth-order valence-corrected chi connectivity index (χ4v) is 2.45. The lowest BCUT2D eigenvalue weighted by atomic mass is 10.1. The van der Waals surface area contributed by atoms with Gasteiger partial charge in [-0.25, -0.2) is 4.79 Å². The summed E-state index contributed by atoms with van der Waals surface area (Å²) in [5.74, 6) is -3.18.